The van der Waals surface area contributed by atoms with Gasteiger partial charge in [-0.25, -0.2) is 9.59 Å². The molecule has 0 bridgehead atoms. The largest absolute Gasteiger partial charge is 0.448 e. The Kier molecular flexibility index (Phi) is 6.54. The average molecular weight is 374 g/mol. The first kappa shape index (κ1) is 18.9. The van der Waals surface area contributed by atoms with Crippen molar-refractivity contribution in [2.75, 3.05) is 23.8 Å². The molecule has 0 radical (unpaired) electrons. The molecule has 0 aliphatic carbocycles. The third-order valence-corrected chi connectivity index (χ3v) is 3.69. The van der Waals surface area contributed by atoms with Gasteiger partial charge in [0.15, 0.2) is 0 Å². The minimum Gasteiger partial charge on any atom is -0.448 e. The molecule has 1 heterocycles. The highest BCUT2D eigenvalue weighted by Gasteiger charge is 2.07. The van der Waals surface area contributed by atoms with Gasteiger partial charge in [0.25, 0.3) is 0 Å². The van der Waals surface area contributed by atoms with E-state index in [1.807, 2.05) is 12.1 Å². The molecule has 0 aromatic heterocycles. The Hall–Kier alpha value is -3.90. The average Bonchev–Trinajstić information content (AvgIpc) is 2.69. The molecule has 2 N–H and O–H groups in total. The van der Waals surface area contributed by atoms with Crippen LogP contribution in [0, 0.1) is 23.7 Å². The smallest absolute Gasteiger partial charge is 0.411 e. The molecule has 6 nitrogen and oxygen atoms in total. The summed E-state index contributed by atoms with van der Waals surface area (Å²) in [6, 6.07) is 14.3. The quantitative estimate of drug-likeness (QED) is 0.684. The zero-order valence-electron chi connectivity index (χ0n) is 15.1. The monoisotopic (exact) mass is 374 g/mol. The third kappa shape index (κ3) is 5.55. The van der Waals surface area contributed by atoms with E-state index < -0.39 is 12.2 Å². The number of carbonyl (C=O) groups excluding carboxylic acids is 2. The number of fused-ring (bicyclic) bond motifs is 2. The third-order valence-electron chi connectivity index (χ3n) is 3.69. The standard InChI is InChI=1S/C22H18N2O4/c25-21-23-19-13-3-1-9-17(19)11-5-7-15-28-22(26)24-20-14-4-2-10-18(20)12-6-8-16-27-21/h1-4,9-10,13-14H,7-8,15-16H2,(H,23,25)(H,24,26). The van der Waals surface area contributed by atoms with Gasteiger partial charge < -0.3 is 9.47 Å². The highest BCUT2D eigenvalue weighted by Crippen LogP contribution is 2.15. The van der Waals surface area contributed by atoms with Crippen molar-refractivity contribution in [2.24, 2.45) is 0 Å². The minimum absolute atomic E-state index is 0.143. The second kappa shape index (κ2) is 9.70. The molecule has 0 spiro atoms. The molecule has 28 heavy (non-hydrogen) atoms. The number of para-hydroxylation sites is 2. The van der Waals surface area contributed by atoms with Crippen molar-refractivity contribution >= 4 is 23.6 Å². The van der Waals surface area contributed by atoms with E-state index in [9.17, 15) is 9.59 Å². The topological polar surface area (TPSA) is 76.7 Å². The maximum Gasteiger partial charge on any atom is 0.411 e. The summed E-state index contributed by atoms with van der Waals surface area (Å²) in [6.07, 6.45) is -0.414. The number of hydrogen-bond donors (Lipinski definition) is 2. The number of ether oxygens (including phenoxy) is 2. The van der Waals surface area contributed by atoms with E-state index in [1.54, 1.807) is 36.4 Å². The van der Waals surface area contributed by atoms with E-state index in [-0.39, 0.29) is 13.2 Å². The molecule has 6 heteroatoms. The number of cyclic esters (lactones) is 2. The van der Waals surface area contributed by atoms with E-state index in [4.69, 9.17) is 9.47 Å². The van der Waals surface area contributed by atoms with Gasteiger partial charge in [-0.2, -0.15) is 0 Å². The zero-order valence-corrected chi connectivity index (χ0v) is 15.1. The van der Waals surface area contributed by atoms with Crippen LogP contribution in [0.25, 0.3) is 0 Å². The van der Waals surface area contributed by atoms with E-state index in [2.05, 4.69) is 34.3 Å². The molecule has 2 aromatic carbocycles. The van der Waals surface area contributed by atoms with Crippen LogP contribution in [0.2, 0.25) is 0 Å². The Morgan fingerprint density at radius 3 is 1.57 bits per heavy atom. The number of benzene rings is 2. The maximum atomic E-state index is 12.0. The summed E-state index contributed by atoms with van der Waals surface area (Å²) < 4.78 is 10.3. The van der Waals surface area contributed by atoms with Crippen molar-refractivity contribution in [2.45, 2.75) is 12.8 Å². The van der Waals surface area contributed by atoms with Gasteiger partial charge >= 0.3 is 12.2 Å². The van der Waals surface area contributed by atoms with Gasteiger partial charge in [-0.3, -0.25) is 10.6 Å². The lowest BCUT2D eigenvalue weighted by Gasteiger charge is -2.08. The number of anilines is 2. The summed E-state index contributed by atoms with van der Waals surface area (Å²) >= 11 is 0. The lowest BCUT2D eigenvalue weighted by Crippen LogP contribution is -2.15. The Labute approximate surface area is 163 Å². The Morgan fingerprint density at radius 1 is 0.679 bits per heavy atom. The summed E-state index contributed by atoms with van der Waals surface area (Å²) in [5, 5.41) is 5.36. The van der Waals surface area contributed by atoms with Crippen molar-refractivity contribution in [1.29, 1.82) is 0 Å². The van der Waals surface area contributed by atoms with Crippen LogP contribution in [0.5, 0.6) is 0 Å². The second-order valence-corrected chi connectivity index (χ2v) is 5.72. The lowest BCUT2D eigenvalue weighted by atomic mass is 10.2. The van der Waals surface area contributed by atoms with E-state index in [0.717, 1.165) is 0 Å². The summed E-state index contributed by atoms with van der Waals surface area (Å²) in [6.45, 7) is 0.286. The lowest BCUT2D eigenvalue weighted by molar-refractivity contribution is 0.163. The van der Waals surface area contributed by atoms with Crippen LogP contribution in [-0.4, -0.2) is 25.4 Å². The Balaban J connectivity index is 1.78. The predicted molar refractivity (Wildman–Crippen MR) is 106 cm³/mol. The first-order valence-electron chi connectivity index (χ1n) is 8.76. The SMILES string of the molecule is O=C1Nc2ccccc2C#CCCOC(=O)Nc2ccccc2C#CCCO1. The molecule has 3 rings (SSSR count). The van der Waals surface area contributed by atoms with Gasteiger partial charge in [-0.15, -0.1) is 0 Å². The zero-order chi connectivity index (χ0) is 19.6. The molecule has 1 aliphatic rings. The molecule has 0 saturated heterocycles. The van der Waals surface area contributed by atoms with E-state index in [1.165, 1.54) is 0 Å². The Morgan fingerprint density at radius 2 is 1.11 bits per heavy atom. The normalized spacial score (nSPS) is 14.4. The summed E-state index contributed by atoms with van der Waals surface area (Å²) in [4.78, 5) is 24.0. The molecule has 1 aliphatic heterocycles. The van der Waals surface area contributed by atoms with Gasteiger partial charge in [0.05, 0.1) is 11.4 Å². The number of hydrogen-bond acceptors (Lipinski definition) is 4. The van der Waals surface area contributed by atoms with Gasteiger partial charge in [0.1, 0.15) is 13.2 Å². The fraction of sp³-hybridized carbons (Fsp3) is 0.182. The van der Waals surface area contributed by atoms with Crippen LogP contribution in [0.4, 0.5) is 21.0 Å². The molecule has 140 valence electrons. The van der Waals surface area contributed by atoms with Crippen LogP contribution in [0.15, 0.2) is 48.5 Å². The molecule has 2 aromatic rings. The fourth-order valence-corrected chi connectivity index (χ4v) is 2.40. The molecular weight excluding hydrogens is 356 g/mol. The minimum atomic E-state index is -0.562. The molecule has 0 saturated carbocycles. The van der Waals surface area contributed by atoms with Crippen molar-refractivity contribution in [3.63, 3.8) is 0 Å². The van der Waals surface area contributed by atoms with E-state index >= 15 is 0 Å². The number of amides is 2. The molecule has 0 atom stereocenters. The molecule has 0 fully saturated rings. The van der Waals surface area contributed by atoms with Crippen molar-refractivity contribution < 1.29 is 19.1 Å². The summed E-state index contributed by atoms with van der Waals surface area (Å²) in [5.41, 5.74) is 2.41. The number of carbonyl (C=O) groups is 2. The van der Waals surface area contributed by atoms with Crippen LogP contribution in [0.3, 0.4) is 0 Å². The van der Waals surface area contributed by atoms with Gasteiger partial charge in [-0.05, 0) is 24.3 Å². The molecule has 2 amide bonds. The summed E-state index contributed by atoms with van der Waals surface area (Å²) in [7, 11) is 0. The maximum absolute atomic E-state index is 12.0. The highest BCUT2D eigenvalue weighted by molar-refractivity contribution is 5.87. The van der Waals surface area contributed by atoms with Crippen LogP contribution < -0.4 is 10.6 Å². The first-order chi connectivity index (χ1) is 13.7. The van der Waals surface area contributed by atoms with Crippen LogP contribution in [-0.2, 0) is 9.47 Å². The van der Waals surface area contributed by atoms with Crippen molar-refractivity contribution in [1.82, 2.24) is 0 Å². The predicted octanol–water partition coefficient (Wildman–Crippen LogP) is 3.98. The van der Waals surface area contributed by atoms with Crippen LogP contribution >= 0.6 is 0 Å². The molecular formula is C22H18N2O4. The van der Waals surface area contributed by atoms with Crippen LogP contribution in [0.1, 0.15) is 24.0 Å². The first-order valence-corrected chi connectivity index (χ1v) is 8.76. The van der Waals surface area contributed by atoms with Gasteiger partial charge in [-0.1, -0.05) is 47.9 Å². The van der Waals surface area contributed by atoms with Crippen molar-refractivity contribution in [3.05, 3.63) is 59.7 Å². The van der Waals surface area contributed by atoms with E-state index in [0.29, 0.717) is 35.3 Å². The second-order valence-electron chi connectivity index (χ2n) is 5.72. The molecule has 0 unspecified atom stereocenters. The summed E-state index contributed by atoms with van der Waals surface area (Å²) in [5.74, 6) is 11.8. The highest BCUT2D eigenvalue weighted by atomic mass is 16.6. The Bertz CT molecular complexity index is 911. The number of rotatable bonds is 0. The van der Waals surface area contributed by atoms with Crippen molar-refractivity contribution in [3.8, 4) is 23.7 Å². The van der Waals surface area contributed by atoms with Gasteiger partial charge in [0, 0.05) is 24.0 Å². The van der Waals surface area contributed by atoms with Gasteiger partial charge in [0.2, 0.25) is 0 Å². The fourth-order valence-electron chi connectivity index (χ4n) is 2.40. The number of nitrogens with one attached hydrogen (secondary N) is 2.